The zero-order valence-electron chi connectivity index (χ0n) is 2.76. The summed E-state index contributed by atoms with van der Waals surface area (Å²) in [7, 11) is 1.46. The maximum atomic E-state index is 6.07. The summed E-state index contributed by atoms with van der Waals surface area (Å²) in [5.41, 5.74) is 6.07. The zero-order chi connectivity index (χ0) is 4.12. The van der Waals surface area contributed by atoms with Gasteiger partial charge in [0.2, 0.25) is 0 Å². The van der Waals surface area contributed by atoms with E-state index in [0.29, 0.717) is 0 Å². The molecule has 0 rings (SSSR count). The molecule has 0 aliphatic rings. The van der Waals surface area contributed by atoms with Gasteiger partial charge in [0.1, 0.15) is 0 Å². The second kappa shape index (κ2) is 3.91. The summed E-state index contributed by atoms with van der Waals surface area (Å²) < 4.78 is 7.05. The van der Waals surface area contributed by atoms with Crippen molar-refractivity contribution >= 4 is 12.2 Å². The van der Waals surface area contributed by atoms with Gasteiger partial charge in [0, 0.05) is 0 Å². The van der Waals surface area contributed by atoms with Gasteiger partial charge in [0.25, 0.3) is 0 Å². The van der Waals surface area contributed by atoms with Crippen molar-refractivity contribution in [1.29, 1.82) is 5.53 Å². The third kappa shape index (κ3) is 3.91. The summed E-state index contributed by atoms with van der Waals surface area (Å²) in [6, 6.07) is 0. The second-order valence-corrected chi connectivity index (χ2v) is 0.997. The van der Waals surface area contributed by atoms with Crippen LogP contribution in [0, 0.1) is 5.53 Å². The Morgan fingerprint density at radius 2 is 2.60 bits per heavy atom. The highest BCUT2D eigenvalue weighted by atomic mass is 32.2. The topological polar surface area (TPSA) is 45.4 Å². The van der Waals surface area contributed by atoms with Gasteiger partial charge in [-0.3, -0.25) is 4.18 Å². The average molecular weight is 92.1 g/mol. The predicted octanol–water partition coefficient (Wildman–Crippen LogP) is 1.23. The van der Waals surface area contributed by atoms with Gasteiger partial charge in [-0.1, -0.05) is 4.52 Å². The molecule has 0 aromatic rings. The van der Waals surface area contributed by atoms with E-state index >= 15 is 0 Å². The van der Waals surface area contributed by atoms with Crippen LogP contribution in [0.1, 0.15) is 0 Å². The van der Waals surface area contributed by atoms with Crippen molar-refractivity contribution in [1.82, 2.24) is 0 Å². The Hall–Kier alpha value is -0.0900. The summed E-state index contributed by atoms with van der Waals surface area (Å²) in [5, 5.41) is 0. The SMILES string of the molecule is COSN=N. The molecule has 0 aliphatic carbocycles. The van der Waals surface area contributed by atoms with E-state index in [0.717, 1.165) is 12.2 Å². The molecule has 30 valence electrons. The van der Waals surface area contributed by atoms with E-state index < -0.39 is 0 Å². The van der Waals surface area contributed by atoms with E-state index in [1.165, 1.54) is 7.11 Å². The normalized spacial score (nSPS) is 7.40. The standard InChI is InChI=1S/CH4N2OS/c1-4-5-3-2/h2H,1H3. The van der Waals surface area contributed by atoms with Crippen LogP contribution in [0.4, 0.5) is 0 Å². The lowest BCUT2D eigenvalue weighted by Crippen LogP contribution is -1.52. The first-order chi connectivity index (χ1) is 2.41. The van der Waals surface area contributed by atoms with Crippen molar-refractivity contribution in [3.8, 4) is 0 Å². The molecule has 0 atom stereocenters. The summed E-state index contributed by atoms with van der Waals surface area (Å²) in [4.78, 5) is 0. The number of hydrogen-bond acceptors (Lipinski definition) is 4. The van der Waals surface area contributed by atoms with Crippen LogP contribution in [0.5, 0.6) is 0 Å². The molecule has 1 N–H and O–H groups in total. The maximum absolute atomic E-state index is 6.07. The van der Waals surface area contributed by atoms with Gasteiger partial charge in [-0.2, -0.15) is 5.53 Å². The van der Waals surface area contributed by atoms with Crippen molar-refractivity contribution < 1.29 is 4.18 Å². The van der Waals surface area contributed by atoms with Crippen LogP contribution in [0.25, 0.3) is 0 Å². The Bertz CT molecular complexity index is 30.8. The van der Waals surface area contributed by atoms with Crippen LogP contribution in [-0.2, 0) is 4.18 Å². The molecule has 0 spiro atoms. The van der Waals surface area contributed by atoms with Crippen LogP contribution < -0.4 is 0 Å². The van der Waals surface area contributed by atoms with Gasteiger partial charge in [-0.25, -0.2) is 0 Å². The maximum Gasteiger partial charge on any atom is 0.157 e. The van der Waals surface area contributed by atoms with Crippen LogP contribution in [0.3, 0.4) is 0 Å². The van der Waals surface area contributed by atoms with Gasteiger partial charge in [0.05, 0.1) is 7.11 Å². The van der Waals surface area contributed by atoms with E-state index in [1.807, 2.05) is 0 Å². The molecule has 0 fully saturated rings. The minimum absolute atomic E-state index is 0.755. The van der Waals surface area contributed by atoms with Gasteiger partial charge in [0.15, 0.2) is 12.2 Å². The number of rotatable bonds is 2. The molecule has 0 heterocycles. The molecule has 0 aromatic carbocycles. The highest BCUT2D eigenvalue weighted by Crippen LogP contribution is 1.96. The highest BCUT2D eigenvalue weighted by Gasteiger charge is 1.63. The van der Waals surface area contributed by atoms with Crippen LogP contribution in [0.2, 0.25) is 0 Å². The predicted molar refractivity (Wildman–Crippen MR) is 19.7 cm³/mol. The first-order valence-corrected chi connectivity index (χ1v) is 1.68. The molecule has 4 heteroatoms. The second-order valence-electron chi connectivity index (χ2n) is 0.332. The quantitative estimate of drug-likeness (QED) is 0.316. The number of nitrogens with one attached hydrogen (secondary N) is 1. The third-order valence-corrected chi connectivity index (χ3v) is 0.335. The fraction of sp³-hybridized carbons (Fsp3) is 1.00. The Kier molecular flexibility index (Phi) is 3.84. The smallest absolute Gasteiger partial charge is 0.157 e. The van der Waals surface area contributed by atoms with Gasteiger partial charge >= 0.3 is 0 Å². The van der Waals surface area contributed by atoms with Gasteiger partial charge in [-0.15, -0.1) is 0 Å². The molecular weight excluding hydrogens is 88.1 g/mol. The highest BCUT2D eigenvalue weighted by molar-refractivity contribution is 7.93. The van der Waals surface area contributed by atoms with E-state index in [9.17, 15) is 0 Å². The summed E-state index contributed by atoms with van der Waals surface area (Å²) >= 11 is 0.755. The number of nitrogens with zero attached hydrogens (tertiary/aromatic N) is 1. The van der Waals surface area contributed by atoms with Crippen molar-refractivity contribution in [3.05, 3.63) is 0 Å². The molecule has 0 unspecified atom stereocenters. The van der Waals surface area contributed by atoms with Crippen molar-refractivity contribution in [2.75, 3.05) is 7.11 Å². The van der Waals surface area contributed by atoms with Crippen LogP contribution in [0.15, 0.2) is 4.52 Å². The summed E-state index contributed by atoms with van der Waals surface area (Å²) in [6.07, 6.45) is 0. The molecule has 0 radical (unpaired) electrons. The molecule has 0 saturated heterocycles. The molecular formula is CH4N2OS. The lowest BCUT2D eigenvalue weighted by molar-refractivity contribution is 0.489. The largest absolute Gasteiger partial charge is 0.298 e. The number of hydrogen-bond donors (Lipinski definition) is 1. The van der Waals surface area contributed by atoms with Crippen molar-refractivity contribution in [3.63, 3.8) is 0 Å². The Labute approximate surface area is 34.6 Å². The molecule has 5 heavy (non-hydrogen) atoms. The van der Waals surface area contributed by atoms with Crippen molar-refractivity contribution in [2.24, 2.45) is 4.52 Å². The lowest BCUT2D eigenvalue weighted by atomic mass is 11.8. The molecule has 0 bridgehead atoms. The zero-order valence-corrected chi connectivity index (χ0v) is 3.58. The van der Waals surface area contributed by atoms with Crippen molar-refractivity contribution in [2.45, 2.75) is 0 Å². The Balaban J connectivity index is 2.40. The minimum atomic E-state index is 0.755. The van der Waals surface area contributed by atoms with Crippen LogP contribution in [-0.4, -0.2) is 7.11 Å². The first kappa shape index (κ1) is 4.91. The minimum Gasteiger partial charge on any atom is -0.298 e. The fourth-order valence-electron chi connectivity index (χ4n) is 0.0373. The lowest BCUT2D eigenvalue weighted by Gasteiger charge is -1.74. The van der Waals surface area contributed by atoms with Crippen LogP contribution >= 0.6 is 12.2 Å². The van der Waals surface area contributed by atoms with E-state index in [4.69, 9.17) is 5.53 Å². The summed E-state index contributed by atoms with van der Waals surface area (Å²) in [5.74, 6) is 0. The Morgan fingerprint density at radius 3 is 2.60 bits per heavy atom. The molecule has 0 aromatic heterocycles. The fourth-order valence-corrected chi connectivity index (χ4v) is 0.112. The molecule has 0 amide bonds. The molecule has 0 aliphatic heterocycles. The van der Waals surface area contributed by atoms with E-state index in [1.54, 1.807) is 0 Å². The van der Waals surface area contributed by atoms with Gasteiger partial charge in [-0.05, 0) is 0 Å². The molecule has 3 nitrogen and oxygen atoms in total. The third-order valence-electron chi connectivity index (χ3n) is 0.112. The van der Waals surface area contributed by atoms with Gasteiger partial charge < -0.3 is 0 Å². The summed E-state index contributed by atoms with van der Waals surface area (Å²) in [6.45, 7) is 0. The van der Waals surface area contributed by atoms with E-state index in [-0.39, 0.29) is 0 Å². The van der Waals surface area contributed by atoms with E-state index in [2.05, 4.69) is 8.70 Å². The Morgan fingerprint density at radius 1 is 2.00 bits per heavy atom. The average Bonchev–Trinajstić information content (AvgIpc) is 1.41. The first-order valence-electron chi connectivity index (χ1n) is 0.981. The monoisotopic (exact) mass is 92.0 g/mol. The molecule has 0 saturated carbocycles.